The van der Waals surface area contributed by atoms with Crippen LogP contribution >= 0.6 is 39.7 Å². The van der Waals surface area contributed by atoms with Gasteiger partial charge in [-0.1, -0.05) is 0 Å². The molecule has 1 N–H and O–H groups in total. The molecule has 3 nitrogen and oxygen atoms in total. The second kappa shape index (κ2) is 5.90. The Kier molecular flexibility index (Phi) is 4.69. The molecule has 3 rings (SSSR count). The zero-order valence-corrected chi connectivity index (χ0v) is 13.1. The summed E-state index contributed by atoms with van der Waals surface area (Å²) in [5.41, 5.74) is 0.819. The monoisotopic (exact) mass is 350 g/mol. The van der Waals surface area contributed by atoms with Gasteiger partial charge in [0.2, 0.25) is 0 Å². The summed E-state index contributed by atoms with van der Waals surface area (Å²) in [5, 5.41) is 5.53. The van der Waals surface area contributed by atoms with E-state index in [0.29, 0.717) is 12.1 Å². The van der Waals surface area contributed by atoms with E-state index in [4.69, 9.17) is 0 Å². The van der Waals surface area contributed by atoms with Gasteiger partial charge < -0.3 is 10.2 Å². The molecule has 1 aromatic heterocycles. The molecule has 6 heteroatoms. The van der Waals surface area contributed by atoms with Gasteiger partial charge in [0.1, 0.15) is 0 Å². The third-order valence-corrected chi connectivity index (χ3v) is 5.13. The minimum atomic E-state index is 0. The van der Waals surface area contributed by atoms with Crippen LogP contribution in [0.3, 0.4) is 0 Å². The number of hydrogen-bond donors (Lipinski definition) is 1. The lowest BCUT2D eigenvalue weighted by Crippen LogP contribution is -2.38. The van der Waals surface area contributed by atoms with E-state index in [1.54, 1.807) is 11.3 Å². The Balaban J connectivity index is 0.00000120. The fraction of sp³-hybridized carbons (Fsp3) is 0.583. The standard InChI is InChI=1S/C12H15BrN2OS.ClH/c13-11-5-8(7-17-11)12(16)15-4-3-9-1-2-10(6-15)14-9;/h5,7,9-10,14H,1-4,6H2;1H. The lowest BCUT2D eigenvalue weighted by molar-refractivity contribution is 0.0748. The summed E-state index contributed by atoms with van der Waals surface area (Å²) in [4.78, 5) is 14.3. The van der Waals surface area contributed by atoms with Crippen molar-refractivity contribution in [3.63, 3.8) is 0 Å². The molecule has 2 atom stereocenters. The van der Waals surface area contributed by atoms with E-state index in [0.717, 1.165) is 28.9 Å². The molecule has 0 saturated carbocycles. The van der Waals surface area contributed by atoms with Gasteiger partial charge in [0.05, 0.1) is 9.35 Å². The third kappa shape index (κ3) is 2.90. The number of nitrogens with one attached hydrogen (secondary N) is 1. The Bertz CT molecular complexity index is 439. The first-order valence-electron chi connectivity index (χ1n) is 6.02. The number of carbonyl (C=O) groups excluding carboxylic acids is 1. The average Bonchev–Trinajstić information content (AvgIpc) is 2.84. The van der Waals surface area contributed by atoms with Crippen LogP contribution in [-0.2, 0) is 0 Å². The second-order valence-electron chi connectivity index (χ2n) is 4.82. The van der Waals surface area contributed by atoms with E-state index < -0.39 is 0 Å². The highest BCUT2D eigenvalue weighted by Crippen LogP contribution is 2.25. The number of rotatable bonds is 1. The molecule has 2 bridgehead atoms. The maximum Gasteiger partial charge on any atom is 0.254 e. The molecular weight excluding hydrogens is 336 g/mol. The molecule has 0 aliphatic carbocycles. The minimum Gasteiger partial charge on any atom is -0.337 e. The van der Waals surface area contributed by atoms with Crippen LogP contribution < -0.4 is 5.32 Å². The Morgan fingerprint density at radius 3 is 2.89 bits per heavy atom. The van der Waals surface area contributed by atoms with E-state index in [1.807, 2.05) is 16.3 Å². The highest BCUT2D eigenvalue weighted by Gasteiger charge is 2.31. The van der Waals surface area contributed by atoms with Crippen LogP contribution in [0.4, 0.5) is 0 Å². The molecule has 0 aromatic carbocycles. The van der Waals surface area contributed by atoms with Crippen molar-refractivity contribution < 1.29 is 4.79 Å². The van der Waals surface area contributed by atoms with Gasteiger partial charge in [0.25, 0.3) is 5.91 Å². The fourth-order valence-electron chi connectivity index (χ4n) is 2.73. The molecule has 100 valence electrons. The number of nitrogens with zero attached hydrogens (tertiary/aromatic N) is 1. The summed E-state index contributed by atoms with van der Waals surface area (Å²) in [5.74, 6) is 0.182. The molecule has 2 aliphatic heterocycles. The largest absolute Gasteiger partial charge is 0.337 e. The number of likely N-dealkylation sites (tertiary alicyclic amines) is 1. The number of amides is 1. The minimum absolute atomic E-state index is 0. The van der Waals surface area contributed by atoms with Gasteiger partial charge in [-0.05, 0) is 41.3 Å². The summed E-state index contributed by atoms with van der Waals surface area (Å²) in [7, 11) is 0. The lowest BCUT2D eigenvalue weighted by atomic mass is 10.1. The molecule has 2 aliphatic rings. The Morgan fingerprint density at radius 2 is 2.17 bits per heavy atom. The van der Waals surface area contributed by atoms with Crippen LogP contribution in [0.1, 0.15) is 29.6 Å². The lowest BCUT2D eigenvalue weighted by Gasteiger charge is -2.23. The van der Waals surface area contributed by atoms with Crippen molar-refractivity contribution in [1.29, 1.82) is 0 Å². The molecule has 1 amide bonds. The van der Waals surface area contributed by atoms with Gasteiger partial charge in [-0.25, -0.2) is 0 Å². The van der Waals surface area contributed by atoms with Crippen molar-refractivity contribution in [2.75, 3.05) is 13.1 Å². The smallest absolute Gasteiger partial charge is 0.254 e. The normalized spacial score (nSPS) is 26.6. The van der Waals surface area contributed by atoms with Gasteiger partial charge >= 0.3 is 0 Å². The SMILES string of the molecule is Cl.O=C(c1csc(Br)c1)N1CCC2CCC(C1)N2. The van der Waals surface area contributed by atoms with Crippen LogP contribution in [0.25, 0.3) is 0 Å². The Hall–Kier alpha value is -0.100. The number of thiophene rings is 1. The molecule has 2 unspecified atom stereocenters. The van der Waals surface area contributed by atoms with Crippen molar-refractivity contribution in [2.24, 2.45) is 0 Å². The Morgan fingerprint density at radius 1 is 1.39 bits per heavy atom. The van der Waals surface area contributed by atoms with Crippen LogP contribution in [0.5, 0.6) is 0 Å². The van der Waals surface area contributed by atoms with Gasteiger partial charge in [-0.15, -0.1) is 23.7 Å². The maximum atomic E-state index is 12.3. The first-order valence-corrected chi connectivity index (χ1v) is 7.69. The zero-order chi connectivity index (χ0) is 11.8. The fourth-order valence-corrected chi connectivity index (χ4v) is 3.86. The highest BCUT2D eigenvalue weighted by molar-refractivity contribution is 9.11. The topological polar surface area (TPSA) is 32.3 Å². The third-order valence-electron chi connectivity index (χ3n) is 3.62. The summed E-state index contributed by atoms with van der Waals surface area (Å²) < 4.78 is 1.02. The van der Waals surface area contributed by atoms with Gasteiger partial charge in [-0.2, -0.15) is 0 Å². The molecule has 2 fully saturated rings. The van der Waals surface area contributed by atoms with Gasteiger partial charge in [0, 0.05) is 30.6 Å². The predicted molar refractivity (Wildman–Crippen MR) is 79.7 cm³/mol. The van der Waals surface area contributed by atoms with E-state index in [2.05, 4.69) is 21.2 Å². The second-order valence-corrected chi connectivity index (χ2v) is 7.11. The molecular formula is C12H16BrClN2OS. The number of hydrogen-bond acceptors (Lipinski definition) is 3. The summed E-state index contributed by atoms with van der Waals surface area (Å²) >= 11 is 4.98. The summed E-state index contributed by atoms with van der Waals surface area (Å²) in [6.45, 7) is 1.75. The molecule has 18 heavy (non-hydrogen) atoms. The zero-order valence-electron chi connectivity index (χ0n) is 9.89. The van der Waals surface area contributed by atoms with Crippen molar-refractivity contribution in [2.45, 2.75) is 31.3 Å². The van der Waals surface area contributed by atoms with E-state index >= 15 is 0 Å². The van der Waals surface area contributed by atoms with E-state index in [-0.39, 0.29) is 18.3 Å². The van der Waals surface area contributed by atoms with Gasteiger partial charge in [-0.3, -0.25) is 4.79 Å². The van der Waals surface area contributed by atoms with Crippen molar-refractivity contribution in [1.82, 2.24) is 10.2 Å². The number of carbonyl (C=O) groups is 1. The molecule has 0 spiro atoms. The number of fused-ring (bicyclic) bond motifs is 2. The average molecular weight is 352 g/mol. The maximum absolute atomic E-state index is 12.3. The first kappa shape index (κ1) is 14.3. The first-order chi connectivity index (χ1) is 8.22. The van der Waals surface area contributed by atoms with Crippen LogP contribution in [0.2, 0.25) is 0 Å². The van der Waals surface area contributed by atoms with Crippen LogP contribution in [0, 0.1) is 0 Å². The van der Waals surface area contributed by atoms with Crippen LogP contribution in [0.15, 0.2) is 15.2 Å². The Labute approximate surface area is 125 Å². The van der Waals surface area contributed by atoms with Gasteiger partial charge in [0.15, 0.2) is 0 Å². The summed E-state index contributed by atoms with van der Waals surface area (Å²) in [6, 6.07) is 3.06. The van der Waals surface area contributed by atoms with E-state index in [1.165, 1.54) is 12.8 Å². The van der Waals surface area contributed by atoms with Crippen LogP contribution in [-0.4, -0.2) is 36.0 Å². The van der Waals surface area contributed by atoms with Crippen molar-refractivity contribution >= 4 is 45.6 Å². The quantitative estimate of drug-likeness (QED) is 0.844. The molecule has 1 aromatic rings. The van der Waals surface area contributed by atoms with Crippen molar-refractivity contribution in [3.8, 4) is 0 Å². The number of halogens is 2. The molecule has 2 saturated heterocycles. The summed E-state index contributed by atoms with van der Waals surface area (Å²) in [6.07, 6.45) is 3.58. The molecule has 0 radical (unpaired) electrons. The molecule has 3 heterocycles. The predicted octanol–water partition coefficient (Wildman–Crippen LogP) is 2.90. The van der Waals surface area contributed by atoms with Crippen molar-refractivity contribution in [3.05, 3.63) is 20.8 Å². The van der Waals surface area contributed by atoms with E-state index in [9.17, 15) is 4.79 Å². The highest BCUT2D eigenvalue weighted by atomic mass is 79.9.